The molecule has 0 saturated carbocycles. The van der Waals surface area contributed by atoms with Crippen LogP contribution in [0.4, 0.5) is 61.5 Å². The van der Waals surface area contributed by atoms with E-state index in [9.17, 15) is 61.5 Å². The van der Waals surface area contributed by atoms with Crippen LogP contribution in [0.3, 0.4) is 0 Å². The molecule has 29 heavy (non-hydrogen) atoms. The Morgan fingerprint density at radius 3 is 0.862 bits per heavy atom. The van der Waals surface area contributed by atoms with Crippen LogP contribution in [0.25, 0.3) is 0 Å². The SMILES string of the molecule is FC(F)=C1OC(F)(F)C(F)(OC2(F)C(F)(F)OC(=C(F)F)OC2(F)F)C(F)(F)O1. The van der Waals surface area contributed by atoms with Gasteiger partial charge in [0, 0.05) is 0 Å². The fourth-order valence-electron chi connectivity index (χ4n) is 1.69. The summed E-state index contributed by atoms with van der Waals surface area (Å²) in [5.74, 6) is -19.9. The third-order valence-electron chi connectivity index (χ3n) is 2.97. The summed E-state index contributed by atoms with van der Waals surface area (Å²) in [6.07, 6.45) is -33.6. The maximum Gasteiger partial charge on any atom is 0.472 e. The van der Waals surface area contributed by atoms with Crippen molar-refractivity contribution < 1.29 is 85.2 Å². The molecule has 0 amide bonds. The Kier molecular flexibility index (Phi) is 4.81. The lowest BCUT2D eigenvalue weighted by atomic mass is 10.1. The first kappa shape index (κ1) is 22.9. The minimum Gasteiger partial charge on any atom is -0.392 e. The van der Waals surface area contributed by atoms with Crippen molar-refractivity contribution in [2.45, 2.75) is 36.1 Å². The van der Waals surface area contributed by atoms with Gasteiger partial charge in [0.2, 0.25) is 0 Å². The summed E-state index contributed by atoms with van der Waals surface area (Å²) in [7, 11) is 0. The average molecular weight is 466 g/mol. The van der Waals surface area contributed by atoms with E-state index in [0.29, 0.717) is 0 Å². The number of rotatable bonds is 2. The Hall–Kier alpha value is -2.34. The molecule has 0 N–H and O–H groups in total. The largest absolute Gasteiger partial charge is 0.472 e. The first-order chi connectivity index (χ1) is 12.7. The highest BCUT2D eigenvalue weighted by Crippen LogP contribution is 2.60. The van der Waals surface area contributed by atoms with Gasteiger partial charge in [0.1, 0.15) is 0 Å². The van der Waals surface area contributed by atoms with E-state index in [4.69, 9.17) is 0 Å². The van der Waals surface area contributed by atoms with Crippen LogP contribution in [-0.2, 0) is 23.7 Å². The fraction of sp³-hybridized carbons (Fsp3) is 0.600. The van der Waals surface area contributed by atoms with Crippen molar-refractivity contribution in [3.8, 4) is 0 Å². The zero-order valence-corrected chi connectivity index (χ0v) is 12.3. The van der Waals surface area contributed by atoms with Gasteiger partial charge in [0.25, 0.3) is 0 Å². The predicted octanol–water partition coefficient (Wildman–Crippen LogP) is 4.93. The average Bonchev–Trinajstić information content (AvgIpc) is 2.49. The minimum absolute atomic E-state index is 2.26. The van der Waals surface area contributed by atoms with E-state index in [1.807, 2.05) is 0 Å². The van der Waals surface area contributed by atoms with Gasteiger partial charge in [-0.2, -0.15) is 61.5 Å². The zero-order valence-electron chi connectivity index (χ0n) is 12.3. The van der Waals surface area contributed by atoms with E-state index < -0.39 is 60.2 Å². The van der Waals surface area contributed by atoms with Crippen molar-refractivity contribution in [3.05, 3.63) is 24.1 Å². The van der Waals surface area contributed by atoms with Crippen LogP contribution < -0.4 is 0 Å². The Morgan fingerprint density at radius 2 is 0.690 bits per heavy atom. The van der Waals surface area contributed by atoms with Crippen LogP contribution in [0.2, 0.25) is 0 Å². The van der Waals surface area contributed by atoms with Crippen LogP contribution in [0.5, 0.6) is 0 Å². The van der Waals surface area contributed by atoms with Gasteiger partial charge < -0.3 is 18.9 Å². The van der Waals surface area contributed by atoms with E-state index >= 15 is 0 Å². The maximum absolute atomic E-state index is 14.1. The standard InChI is InChI=1S/C10F14O5/c11-1(12)3-25-7(17,18)5(15,8(19,20)26-3)29-6(16)9(21,22)27-4(2(13)14)28-10(6,23)24. The van der Waals surface area contributed by atoms with Gasteiger partial charge in [0.15, 0.2) is 0 Å². The maximum atomic E-state index is 14.1. The van der Waals surface area contributed by atoms with Crippen molar-refractivity contribution in [2.24, 2.45) is 0 Å². The smallest absolute Gasteiger partial charge is 0.392 e. The van der Waals surface area contributed by atoms with Gasteiger partial charge in [0.05, 0.1) is 0 Å². The summed E-state index contributed by atoms with van der Waals surface area (Å²) in [6, 6.07) is 0. The second kappa shape index (κ2) is 6.08. The number of hydrogen-bond acceptors (Lipinski definition) is 5. The molecular weight excluding hydrogens is 466 g/mol. The van der Waals surface area contributed by atoms with Crippen molar-refractivity contribution in [1.29, 1.82) is 0 Å². The molecule has 2 fully saturated rings. The van der Waals surface area contributed by atoms with E-state index in [0.717, 1.165) is 0 Å². The van der Waals surface area contributed by atoms with E-state index in [1.54, 1.807) is 0 Å². The van der Waals surface area contributed by atoms with Crippen molar-refractivity contribution >= 4 is 0 Å². The van der Waals surface area contributed by atoms with Crippen LogP contribution in [-0.4, -0.2) is 36.1 Å². The first-order valence-electron chi connectivity index (χ1n) is 6.19. The molecule has 2 rings (SSSR count). The second-order valence-electron chi connectivity index (χ2n) is 4.86. The Labute approximate surface area is 147 Å². The fourth-order valence-corrected chi connectivity index (χ4v) is 1.69. The monoisotopic (exact) mass is 466 g/mol. The Morgan fingerprint density at radius 1 is 0.483 bits per heavy atom. The molecule has 0 aromatic carbocycles. The molecule has 0 radical (unpaired) electrons. The van der Waals surface area contributed by atoms with Gasteiger partial charge in [-0.1, -0.05) is 0 Å². The third-order valence-corrected chi connectivity index (χ3v) is 2.97. The molecule has 2 saturated heterocycles. The zero-order chi connectivity index (χ0) is 22.8. The van der Waals surface area contributed by atoms with Gasteiger partial charge in [-0.3, -0.25) is 4.74 Å². The molecule has 0 unspecified atom stereocenters. The highest BCUT2D eigenvalue weighted by molar-refractivity contribution is 5.05. The topological polar surface area (TPSA) is 46.2 Å². The van der Waals surface area contributed by atoms with Crippen LogP contribution in [0.1, 0.15) is 0 Å². The lowest BCUT2D eigenvalue weighted by Crippen LogP contribution is -2.73. The molecule has 19 heteroatoms. The molecule has 2 heterocycles. The molecule has 5 nitrogen and oxygen atoms in total. The number of alkyl halides is 10. The molecule has 168 valence electrons. The van der Waals surface area contributed by atoms with Gasteiger partial charge in [-0.25, -0.2) is 0 Å². The summed E-state index contributed by atoms with van der Waals surface area (Å²) >= 11 is 0. The summed E-state index contributed by atoms with van der Waals surface area (Å²) in [4.78, 5) is 0. The number of halogens is 14. The molecule has 0 spiro atoms. The summed E-state index contributed by atoms with van der Waals surface area (Å²) in [5.41, 5.74) is 0. The third kappa shape index (κ3) is 3.14. The second-order valence-corrected chi connectivity index (χ2v) is 4.86. The summed E-state index contributed by atoms with van der Waals surface area (Å²) < 4.78 is 197. The molecular formula is C10F14O5. The molecule has 2 aliphatic heterocycles. The molecule has 0 aromatic rings. The molecule has 0 bridgehead atoms. The first-order valence-corrected chi connectivity index (χ1v) is 6.19. The highest BCUT2D eigenvalue weighted by atomic mass is 19.3. The van der Waals surface area contributed by atoms with E-state index in [2.05, 4.69) is 23.7 Å². The molecule has 0 atom stereocenters. The minimum atomic E-state index is -6.83. The Balaban J connectivity index is 2.60. The number of hydrogen-bond donors (Lipinski definition) is 0. The number of ether oxygens (including phenoxy) is 5. The molecule has 0 aliphatic carbocycles. The summed E-state index contributed by atoms with van der Waals surface area (Å²) in [5, 5.41) is 0. The van der Waals surface area contributed by atoms with E-state index in [1.165, 1.54) is 0 Å². The van der Waals surface area contributed by atoms with Gasteiger partial charge in [-0.15, -0.1) is 0 Å². The normalized spacial score (nSPS) is 34.3. The Bertz CT molecular complexity index is 650. The van der Waals surface area contributed by atoms with Crippen molar-refractivity contribution in [3.63, 3.8) is 0 Å². The van der Waals surface area contributed by atoms with E-state index in [-0.39, 0.29) is 0 Å². The molecule has 2 aliphatic rings. The highest BCUT2D eigenvalue weighted by Gasteiger charge is 2.90. The van der Waals surface area contributed by atoms with Gasteiger partial charge >= 0.3 is 60.2 Å². The quantitative estimate of drug-likeness (QED) is 0.541. The van der Waals surface area contributed by atoms with Crippen LogP contribution >= 0.6 is 0 Å². The lowest BCUT2D eigenvalue weighted by Gasteiger charge is -2.47. The molecule has 0 aromatic heterocycles. The van der Waals surface area contributed by atoms with Crippen molar-refractivity contribution in [2.75, 3.05) is 0 Å². The van der Waals surface area contributed by atoms with Gasteiger partial charge in [-0.05, 0) is 0 Å². The van der Waals surface area contributed by atoms with Crippen molar-refractivity contribution in [1.82, 2.24) is 0 Å². The predicted molar refractivity (Wildman–Crippen MR) is 51.4 cm³/mol. The van der Waals surface area contributed by atoms with Crippen LogP contribution in [0.15, 0.2) is 24.1 Å². The lowest BCUT2D eigenvalue weighted by molar-refractivity contribution is -0.592. The summed E-state index contributed by atoms with van der Waals surface area (Å²) in [6.45, 7) is 0. The van der Waals surface area contributed by atoms with Crippen LogP contribution in [0, 0.1) is 0 Å².